The smallest absolute Gasteiger partial charge is 0.301 e. The van der Waals surface area contributed by atoms with Crippen molar-refractivity contribution in [2.45, 2.75) is 13.3 Å². The van der Waals surface area contributed by atoms with Crippen LogP contribution in [0, 0.1) is 0 Å². The molecule has 1 atom stereocenters. The van der Waals surface area contributed by atoms with Gasteiger partial charge >= 0.3 is 7.82 Å². The van der Waals surface area contributed by atoms with Crippen molar-refractivity contribution in [3.05, 3.63) is 0 Å². The quantitative estimate of drug-likeness (QED) is 0.405. The van der Waals surface area contributed by atoms with Crippen LogP contribution in [-0.2, 0) is 18.2 Å². The van der Waals surface area contributed by atoms with Gasteiger partial charge in [-0.25, -0.2) is 4.57 Å². The van der Waals surface area contributed by atoms with Crippen LogP contribution in [0.25, 0.3) is 0 Å². The van der Waals surface area contributed by atoms with Crippen LogP contribution in [0.1, 0.15) is 13.3 Å². The minimum Gasteiger partial charge on any atom is -0.301 e. The molecule has 0 bridgehead atoms. The highest BCUT2D eigenvalue weighted by Crippen LogP contribution is 2.43. The lowest BCUT2D eigenvalue weighted by atomic mass is 10.5. The van der Waals surface area contributed by atoms with Crippen molar-refractivity contribution in [3.63, 3.8) is 0 Å². The van der Waals surface area contributed by atoms with E-state index in [1.807, 2.05) is 0 Å². The van der Waals surface area contributed by atoms with E-state index < -0.39 is 7.82 Å². The van der Waals surface area contributed by atoms with Crippen molar-refractivity contribution in [1.82, 2.24) is 0 Å². The Balaban J connectivity index is 3.53. The predicted molar refractivity (Wildman–Crippen MR) is 34.1 cm³/mol. The maximum Gasteiger partial charge on any atom is 0.500 e. The van der Waals surface area contributed by atoms with Gasteiger partial charge in [0.05, 0.1) is 6.61 Å². The van der Waals surface area contributed by atoms with Gasteiger partial charge in [0.2, 0.25) is 0 Å². The van der Waals surface area contributed by atoms with Crippen molar-refractivity contribution < 1.29 is 23.1 Å². The molecule has 0 aromatic carbocycles. The molecule has 0 amide bonds. The fourth-order valence-corrected chi connectivity index (χ4v) is 1.00. The van der Waals surface area contributed by atoms with Crippen molar-refractivity contribution in [2.24, 2.45) is 0 Å². The van der Waals surface area contributed by atoms with Gasteiger partial charge < -0.3 is 4.89 Å². The Kier molecular flexibility index (Phi) is 5.25. The molecule has 62 valence electrons. The van der Waals surface area contributed by atoms with Crippen LogP contribution in [0.4, 0.5) is 0 Å². The van der Waals surface area contributed by atoms with Crippen molar-refractivity contribution in [1.29, 1.82) is 0 Å². The Labute approximate surface area is 63.6 Å². The maximum absolute atomic E-state index is 10.5. The van der Waals surface area contributed by atoms with Gasteiger partial charge in [-0.15, -0.1) is 9.11 Å². The van der Waals surface area contributed by atoms with Crippen LogP contribution in [0.15, 0.2) is 0 Å². The summed E-state index contributed by atoms with van der Waals surface area (Å²) in [5, 5.41) is 0. The Hall–Kier alpha value is 0.360. The lowest BCUT2D eigenvalue weighted by Crippen LogP contribution is -1.93. The van der Waals surface area contributed by atoms with E-state index in [4.69, 9.17) is 4.89 Å². The van der Waals surface area contributed by atoms with E-state index in [9.17, 15) is 4.57 Å². The van der Waals surface area contributed by atoms with Gasteiger partial charge in [-0.3, -0.25) is 4.52 Å². The van der Waals surface area contributed by atoms with Crippen LogP contribution < -0.4 is 0 Å². The highest BCUT2D eigenvalue weighted by Gasteiger charge is 2.21. The van der Waals surface area contributed by atoms with Crippen LogP contribution in [0.5, 0.6) is 0 Å². The second kappa shape index (κ2) is 5.07. The average Bonchev–Trinajstić information content (AvgIpc) is 1.84. The van der Waals surface area contributed by atoms with Crippen molar-refractivity contribution in [2.75, 3.05) is 6.61 Å². The Morgan fingerprint density at radius 3 is 2.70 bits per heavy atom. The van der Waals surface area contributed by atoms with E-state index in [0.717, 1.165) is 0 Å². The summed E-state index contributed by atoms with van der Waals surface area (Å²) >= 11 is 4.53. The molecule has 0 saturated heterocycles. The van der Waals surface area contributed by atoms with Gasteiger partial charge in [-0.1, -0.05) is 6.92 Å². The molecule has 0 aliphatic heterocycles. The zero-order valence-corrected chi connectivity index (χ0v) is 6.97. The number of phosphoric ester groups is 1. The van der Waals surface area contributed by atoms with Crippen LogP contribution in [0.2, 0.25) is 0 Å². The number of hydrogen-bond acceptors (Lipinski definition) is 4. The second-order valence-corrected chi connectivity index (χ2v) is 2.91. The van der Waals surface area contributed by atoms with E-state index in [0.29, 0.717) is 6.42 Å². The third-order valence-electron chi connectivity index (χ3n) is 0.581. The van der Waals surface area contributed by atoms with Gasteiger partial charge in [0.25, 0.3) is 0 Å². The van der Waals surface area contributed by atoms with Crippen LogP contribution >= 0.6 is 19.7 Å². The number of phosphoric acid groups is 1. The largest absolute Gasteiger partial charge is 0.500 e. The first-order valence-electron chi connectivity index (χ1n) is 2.56. The molecule has 10 heavy (non-hydrogen) atoms. The summed E-state index contributed by atoms with van der Waals surface area (Å²) in [5.41, 5.74) is 0. The molecule has 0 radical (unpaired) electrons. The molecule has 0 saturated carbocycles. The Morgan fingerprint density at radius 2 is 2.30 bits per heavy atom. The SMILES string of the molecule is CCCOP(=O)(O)OOCl. The van der Waals surface area contributed by atoms with Gasteiger partial charge in [0.1, 0.15) is 11.9 Å². The van der Waals surface area contributed by atoms with Crippen LogP contribution in [0.3, 0.4) is 0 Å². The lowest BCUT2D eigenvalue weighted by molar-refractivity contribution is -0.121. The van der Waals surface area contributed by atoms with Crippen molar-refractivity contribution in [3.8, 4) is 0 Å². The molecule has 0 heterocycles. The van der Waals surface area contributed by atoms with Gasteiger partial charge in [-0.2, -0.15) is 0 Å². The molecule has 0 rings (SSSR count). The topological polar surface area (TPSA) is 65.0 Å². The number of halogens is 1. The van der Waals surface area contributed by atoms with Gasteiger partial charge in [0, 0.05) is 0 Å². The molecule has 0 aliphatic rings. The molecular formula is C3H8ClO5P. The third-order valence-corrected chi connectivity index (χ3v) is 1.50. The first-order valence-corrected chi connectivity index (χ1v) is 4.37. The molecule has 1 N–H and O–H groups in total. The van der Waals surface area contributed by atoms with Gasteiger partial charge in [0.15, 0.2) is 0 Å². The summed E-state index contributed by atoms with van der Waals surface area (Å²) in [6.45, 7) is 1.90. The molecule has 0 aliphatic carbocycles. The fourth-order valence-electron chi connectivity index (χ4n) is 0.264. The standard InChI is InChI=1S/C3H8ClO5P/c1-2-3-7-10(5,6)9-8-4/h2-3H2,1H3,(H,5,6). The fraction of sp³-hybridized carbons (Fsp3) is 1.00. The number of hydrogen-bond donors (Lipinski definition) is 1. The van der Waals surface area contributed by atoms with Crippen LogP contribution in [-0.4, -0.2) is 11.5 Å². The van der Waals surface area contributed by atoms with Gasteiger partial charge in [-0.05, 0) is 6.42 Å². The lowest BCUT2D eigenvalue weighted by Gasteiger charge is -2.05. The summed E-state index contributed by atoms with van der Waals surface area (Å²) in [6.07, 6.45) is 0.607. The maximum atomic E-state index is 10.5. The molecule has 0 aromatic heterocycles. The molecule has 1 unspecified atom stereocenters. The second-order valence-electron chi connectivity index (χ2n) is 1.44. The van der Waals surface area contributed by atoms with E-state index in [2.05, 4.69) is 25.5 Å². The Morgan fingerprint density at radius 1 is 1.70 bits per heavy atom. The van der Waals surface area contributed by atoms with Crippen molar-refractivity contribution >= 4 is 19.7 Å². The summed E-state index contributed by atoms with van der Waals surface area (Å²) < 4.78 is 21.9. The van der Waals surface area contributed by atoms with E-state index >= 15 is 0 Å². The zero-order chi connectivity index (χ0) is 8.04. The molecule has 0 aromatic rings. The highest BCUT2D eigenvalue weighted by molar-refractivity contribution is 7.47. The Bertz CT molecular complexity index is 128. The average molecular weight is 191 g/mol. The van der Waals surface area contributed by atoms with E-state index in [1.54, 1.807) is 6.92 Å². The minimum atomic E-state index is -4.06. The molecule has 5 nitrogen and oxygen atoms in total. The summed E-state index contributed by atoms with van der Waals surface area (Å²) in [7, 11) is -4.06. The minimum absolute atomic E-state index is 0.119. The third kappa shape index (κ3) is 5.17. The normalized spacial score (nSPS) is 16.7. The first-order chi connectivity index (χ1) is 4.62. The monoisotopic (exact) mass is 190 g/mol. The molecule has 0 fully saturated rings. The summed E-state index contributed by atoms with van der Waals surface area (Å²) in [4.78, 5) is 8.55. The van der Waals surface area contributed by atoms with E-state index in [1.165, 1.54) is 0 Å². The highest BCUT2D eigenvalue weighted by atomic mass is 35.5. The molecular weight excluding hydrogens is 182 g/mol. The zero-order valence-electron chi connectivity index (χ0n) is 5.32. The summed E-state index contributed by atoms with van der Waals surface area (Å²) in [6, 6.07) is 0. The predicted octanol–water partition coefficient (Wildman–Crippen LogP) is 1.62. The number of rotatable bonds is 5. The molecule has 7 heteroatoms. The van der Waals surface area contributed by atoms with E-state index in [-0.39, 0.29) is 6.61 Å². The first kappa shape index (κ1) is 10.4. The molecule has 0 spiro atoms. The summed E-state index contributed by atoms with van der Waals surface area (Å²) in [5.74, 6) is 0.